The van der Waals surface area contributed by atoms with Gasteiger partial charge in [0, 0.05) is 38.7 Å². The summed E-state index contributed by atoms with van der Waals surface area (Å²) in [5.41, 5.74) is -1.00. The van der Waals surface area contributed by atoms with Crippen LogP contribution in [0.2, 0.25) is 0 Å². The number of benzene rings is 1. The lowest BCUT2D eigenvalue weighted by molar-refractivity contribution is -0.140. The maximum Gasteiger partial charge on any atom is 0.416 e. The average molecular weight is 465 g/mol. The number of hydrogen-bond acceptors (Lipinski definition) is 4. The first-order valence-electron chi connectivity index (χ1n) is 10.5. The first kappa shape index (κ1) is 25.6. The van der Waals surface area contributed by atoms with Crippen LogP contribution in [0.25, 0.3) is 0 Å². The molecular weight excluding hydrogens is 433 g/mol. The van der Waals surface area contributed by atoms with Crippen molar-refractivity contribution in [2.24, 2.45) is 5.92 Å². The fraction of sp³-hybridized carbons (Fsp3) is 0.667. The number of halogens is 3. The molecule has 1 aliphatic heterocycles. The summed E-state index contributed by atoms with van der Waals surface area (Å²) in [7, 11) is -2.49. The summed E-state index contributed by atoms with van der Waals surface area (Å²) >= 11 is 0. The molecular formula is C21H31F3N2O4S. The maximum atomic E-state index is 13.1. The highest BCUT2D eigenvalue weighted by Crippen LogP contribution is 2.32. The Bertz CT molecular complexity index is 833. The van der Waals surface area contributed by atoms with Crippen LogP contribution in [-0.4, -0.2) is 62.9 Å². The minimum atomic E-state index is -4.62. The van der Waals surface area contributed by atoms with Crippen molar-refractivity contribution in [1.29, 1.82) is 0 Å². The largest absolute Gasteiger partial charge is 0.416 e. The van der Waals surface area contributed by atoms with Gasteiger partial charge in [0.05, 0.1) is 17.1 Å². The smallest absolute Gasteiger partial charge is 0.383 e. The lowest BCUT2D eigenvalue weighted by Gasteiger charge is -2.37. The van der Waals surface area contributed by atoms with Crippen molar-refractivity contribution in [3.05, 3.63) is 29.8 Å². The number of alkyl halides is 3. The Morgan fingerprint density at radius 3 is 2.35 bits per heavy atom. The van der Waals surface area contributed by atoms with E-state index in [0.29, 0.717) is 32.1 Å². The minimum Gasteiger partial charge on any atom is -0.383 e. The first-order valence-corrected chi connectivity index (χ1v) is 12.0. The molecule has 0 aliphatic carbocycles. The molecule has 1 aromatic carbocycles. The summed E-state index contributed by atoms with van der Waals surface area (Å²) in [5, 5.41) is 0. The molecule has 10 heteroatoms. The number of ether oxygens (including phenoxy) is 1. The number of methoxy groups -OCH3 is 1. The highest BCUT2D eigenvalue weighted by Gasteiger charge is 2.36. The number of amides is 1. The van der Waals surface area contributed by atoms with Gasteiger partial charge in [-0.05, 0) is 43.9 Å². The van der Waals surface area contributed by atoms with Gasteiger partial charge in [0.15, 0.2) is 0 Å². The zero-order valence-electron chi connectivity index (χ0n) is 18.2. The first-order chi connectivity index (χ1) is 14.6. The molecule has 176 valence electrons. The molecule has 1 saturated heterocycles. The van der Waals surface area contributed by atoms with E-state index in [1.54, 1.807) is 7.11 Å². The molecule has 2 rings (SSSR count). The van der Waals surface area contributed by atoms with Crippen molar-refractivity contribution < 1.29 is 31.1 Å². The van der Waals surface area contributed by atoms with Crippen molar-refractivity contribution in [2.45, 2.75) is 56.6 Å². The topological polar surface area (TPSA) is 66.9 Å². The minimum absolute atomic E-state index is 0.0122. The number of sulfonamides is 1. The van der Waals surface area contributed by atoms with Gasteiger partial charge in [-0.2, -0.15) is 17.5 Å². The van der Waals surface area contributed by atoms with E-state index >= 15 is 0 Å². The molecule has 0 aromatic heterocycles. The van der Waals surface area contributed by atoms with Crippen LogP contribution in [0.4, 0.5) is 13.2 Å². The maximum absolute atomic E-state index is 13.1. The van der Waals surface area contributed by atoms with E-state index in [9.17, 15) is 26.4 Å². The van der Waals surface area contributed by atoms with Gasteiger partial charge in [-0.25, -0.2) is 8.42 Å². The number of rotatable bonds is 9. The number of piperidine rings is 1. The molecule has 31 heavy (non-hydrogen) atoms. The Hall–Kier alpha value is -1.65. The van der Waals surface area contributed by atoms with Crippen LogP contribution in [-0.2, 0) is 25.7 Å². The molecule has 0 N–H and O–H groups in total. The lowest BCUT2D eigenvalue weighted by Crippen LogP contribution is -2.48. The zero-order chi connectivity index (χ0) is 23.2. The van der Waals surface area contributed by atoms with Crippen molar-refractivity contribution in [3.8, 4) is 0 Å². The molecule has 0 saturated carbocycles. The van der Waals surface area contributed by atoms with Crippen LogP contribution in [0.3, 0.4) is 0 Å². The standard InChI is InChI=1S/C21H31F3N2O4S/c1-4-18(5-2)26(13-14-30-3)20(27)16-9-11-25(12-10-16)31(28,29)19-8-6-7-17(15-19)21(22,23)24/h6-8,15-16,18H,4-5,9-14H2,1-3H3. The molecule has 0 bridgehead atoms. The second-order valence-corrected chi connectivity index (χ2v) is 9.64. The van der Waals surface area contributed by atoms with E-state index in [2.05, 4.69) is 0 Å². The molecule has 0 unspecified atom stereocenters. The van der Waals surface area contributed by atoms with Crippen molar-refractivity contribution in [2.75, 3.05) is 33.4 Å². The fourth-order valence-electron chi connectivity index (χ4n) is 3.95. The monoisotopic (exact) mass is 464 g/mol. The van der Waals surface area contributed by atoms with E-state index in [0.717, 1.165) is 25.0 Å². The van der Waals surface area contributed by atoms with Gasteiger partial charge in [-0.3, -0.25) is 4.79 Å². The van der Waals surface area contributed by atoms with Crippen LogP contribution in [0.5, 0.6) is 0 Å². The third-order valence-corrected chi connectivity index (χ3v) is 7.70. The van der Waals surface area contributed by atoms with Gasteiger partial charge in [0.2, 0.25) is 15.9 Å². The molecule has 0 radical (unpaired) electrons. The summed E-state index contributed by atoms with van der Waals surface area (Å²) in [5.74, 6) is -0.327. The number of nitrogens with zero attached hydrogens (tertiary/aromatic N) is 2. The lowest BCUT2D eigenvalue weighted by atomic mass is 9.95. The SMILES string of the molecule is CCC(CC)N(CCOC)C(=O)C1CCN(S(=O)(=O)c2cccc(C(F)(F)F)c2)CC1. The Morgan fingerprint density at radius 2 is 1.84 bits per heavy atom. The second-order valence-electron chi connectivity index (χ2n) is 7.70. The normalized spacial score (nSPS) is 16.6. The van der Waals surface area contributed by atoms with Gasteiger partial charge in [0.25, 0.3) is 0 Å². The molecule has 1 aliphatic rings. The van der Waals surface area contributed by atoms with Crippen LogP contribution >= 0.6 is 0 Å². The van der Waals surface area contributed by atoms with E-state index in [1.165, 1.54) is 10.4 Å². The molecule has 0 atom stereocenters. The van der Waals surface area contributed by atoms with Crippen LogP contribution in [0, 0.1) is 5.92 Å². The van der Waals surface area contributed by atoms with Gasteiger partial charge >= 0.3 is 6.18 Å². The quantitative estimate of drug-likeness (QED) is 0.558. The molecule has 1 amide bonds. The number of carbonyl (C=O) groups is 1. The second kappa shape index (κ2) is 10.8. The summed E-state index contributed by atoms with van der Waals surface area (Å²) in [4.78, 5) is 14.6. The Labute approximate surface area is 182 Å². The van der Waals surface area contributed by atoms with Crippen LogP contribution < -0.4 is 0 Å². The number of carbonyl (C=O) groups excluding carboxylic acids is 1. The van der Waals surface area contributed by atoms with Gasteiger partial charge in [-0.1, -0.05) is 19.9 Å². The van der Waals surface area contributed by atoms with Crippen LogP contribution in [0.15, 0.2) is 29.2 Å². The predicted molar refractivity (Wildman–Crippen MR) is 111 cm³/mol. The summed E-state index contributed by atoms with van der Waals surface area (Å²) < 4.78 is 70.9. The molecule has 1 fully saturated rings. The van der Waals surface area contributed by atoms with E-state index < -0.39 is 21.8 Å². The third-order valence-electron chi connectivity index (χ3n) is 5.80. The van der Waals surface area contributed by atoms with Gasteiger partial charge in [-0.15, -0.1) is 0 Å². The van der Waals surface area contributed by atoms with E-state index in [1.807, 2.05) is 18.7 Å². The fourth-order valence-corrected chi connectivity index (χ4v) is 5.47. The highest BCUT2D eigenvalue weighted by molar-refractivity contribution is 7.89. The molecule has 1 aromatic rings. The predicted octanol–water partition coefficient (Wildman–Crippen LogP) is 3.77. The Morgan fingerprint density at radius 1 is 1.23 bits per heavy atom. The molecule has 6 nitrogen and oxygen atoms in total. The highest BCUT2D eigenvalue weighted by atomic mass is 32.2. The van der Waals surface area contributed by atoms with Crippen LogP contribution in [0.1, 0.15) is 45.1 Å². The summed E-state index contributed by atoms with van der Waals surface area (Å²) in [6, 6.07) is 3.86. The Kier molecular flexibility index (Phi) is 8.91. The van der Waals surface area contributed by atoms with Gasteiger partial charge in [0.1, 0.15) is 0 Å². The van der Waals surface area contributed by atoms with Gasteiger partial charge < -0.3 is 9.64 Å². The summed E-state index contributed by atoms with van der Waals surface area (Å²) in [6.07, 6.45) is -2.32. The van der Waals surface area contributed by atoms with E-state index in [-0.39, 0.29) is 35.9 Å². The average Bonchev–Trinajstić information content (AvgIpc) is 2.76. The Balaban J connectivity index is 2.11. The zero-order valence-corrected chi connectivity index (χ0v) is 19.0. The van der Waals surface area contributed by atoms with Crippen molar-refractivity contribution in [3.63, 3.8) is 0 Å². The van der Waals surface area contributed by atoms with E-state index in [4.69, 9.17) is 4.74 Å². The molecule has 1 heterocycles. The summed E-state index contributed by atoms with van der Waals surface area (Å²) in [6.45, 7) is 5.12. The van der Waals surface area contributed by atoms with Crippen molar-refractivity contribution in [1.82, 2.24) is 9.21 Å². The number of hydrogen-bond donors (Lipinski definition) is 0. The third kappa shape index (κ3) is 6.20. The van der Waals surface area contributed by atoms with Crippen molar-refractivity contribution >= 4 is 15.9 Å². The molecule has 0 spiro atoms.